The molecule has 0 aliphatic heterocycles. The lowest BCUT2D eigenvalue weighted by Gasteiger charge is -2.45. The predicted molar refractivity (Wildman–Crippen MR) is 150 cm³/mol. The zero-order valence-electron chi connectivity index (χ0n) is 20.8. The molecule has 0 bridgehead atoms. The van der Waals surface area contributed by atoms with Crippen molar-refractivity contribution in [1.82, 2.24) is 0 Å². The van der Waals surface area contributed by atoms with Crippen LogP contribution in [0.1, 0.15) is 83.3 Å². The Labute approximate surface area is 211 Å². The van der Waals surface area contributed by atoms with E-state index in [-0.39, 0.29) is 0 Å². The summed E-state index contributed by atoms with van der Waals surface area (Å²) in [4.78, 5) is 0. The fraction of sp³-hybridized carbons (Fsp3) is 0.533. The molecule has 2 aromatic rings. The van der Waals surface area contributed by atoms with Crippen molar-refractivity contribution in [1.29, 1.82) is 0 Å². The number of aliphatic hydroxyl groups is 1. The van der Waals surface area contributed by atoms with E-state index in [1.807, 2.05) is 59.9 Å². The van der Waals surface area contributed by atoms with Crippen LogP contribution in [0.2, 0.25) is 0 Å². The van der Waals surface area contributed by atoms with Crippen LogP contribution in [0.3, 0.4) is 0 Å². The van der Waals surface area contributed by atoms with Gasteiger partial charge in [-0.1, -0.05) is 113 Å². The standard InChI is InChI=1S/C30H42OS2/c1-4-7-10-17-23-29(22-8-5-2,33-26-25-32-24-9-6-3)30(31,27-18-13-11-14-19-27)28-20-15-12-16-21-28/h11-16,18-21,31H,4-10,22,24-26H2,1-3H3. The summed E-state index contributed by atoms with van der Waals surface area (Å²) in [6.45, 7) is 6.68. The highest BCUT2D eigenvalue weighted by atomic mass is 32.2. The highest BCUT2D eigenvalue weighted by Gasteiger charge is 2.51. The quantitative estimate of drug-likeness (QED) is 0.204. The molecule has 1 atom stereocenters. The van der Waals surface area contributed by atoms with Gasteiger partial charge in [0.1, 0.15) is 10.3 Å². The van der Waals surface area contributed by atoms with Gasteiger partial charge in [-0.3, -0.25) is 0 Å². The fourth-order valence-corrected chi connectivity index (χ4v) is 6.79. The summed E-state index contributed by atoms with van der Waals surface area (Å²) in [5, 5.41) is 12.8. The van der Waals surface area contributed by atoms with E-state index < -0.39 is 10.3 Å². The van der Waals surface area contributed by atoms with Crippen molar-refractivity contribution in [2.24, 2.45) is 0 Å². The van der Waals surface area contributed by atoms with Crippen LogP contribution in [-0.2, 0) is 5.60 Å². The molecule has 0 aliphatic carbocycles. The van der Waals surface area contributed by atoms with Gasteiger partial charge in [-0.2, -0.15) is 11.8 Å². The van der Waals surface area contributed by atoms with Gasteiger partial charge >= 0.3 is 0 Å². The average Bonchev–Trinajstić information content (AvgIpc) is 2.87. The predicted octanol–water partition coefficient (Wildman–Crippen LogP) is 8.31. The maximum atomic E-state index is 12.8. The van der Waals surface area contributed by atoms with Crippen LogP contribution in [0, 0.1) is 11.8 Å². The number of rotatable bonds is 15. The second kappa shape index (κ2) is 15.5. The molecular formula is C30H42OS2. The molecule has 1 N–H and O–H groups in total. The minimum absolute atomic E-state index is 0.592. The number of benzene rings is 2. The molecule has 0 amide bonds. The smallest absolute Gasteiger partial charge is 0.140 e. The lowest BCUT2D eigenvalue weighted by atomic mass is 9.73. The van der Waals surface area contributed by atoms with E-state index in [0.717, 1.165) is 61.2 Å². The van der Waals surface area contributed by atoms with Gasteiger partial charge in [0, 0.05) is 17.9 Å². The van der Waals surface area contributed by atoms with Crippen molar-refractivity contribution in [3.63, 3.8) is 0 Å². The van der Waals surface area contributed by atoms with Crippen molar-refractivity contribution in [3.05, 3.63) is 71.8 Å². The van der Waals surface area contributed by atoms with Crippen molar-refractivity contribution < 1.29 is 5.11 Å². The van der Waals surface area contributed by atoms with Crippen LogP contribution in [0.25, 0.3) is 0 Å². The van der Waals surface area contributed by atoms with Crippen molar-refractivity contribution >= 4 is 23.5 Å². The molecule has 0 fully saturated rings. The molecule has 0 radical (unpaired) electrons. The highest BCUT2D eigenvalue weighted by molar-refractivity contribution is 8.03. The Morgan fingerprint density at radius 1 is 0.727 bits per heavy atom. The van der Waals surface area contributed by atoms with E-state index in [1.54, 1.807) is 0 Å². The largest absolute Gasteiger partial charge is 0.378 e. The molecule has 1 unspecified atom stereocenters. The fourth-order valence-electron chi connectivity index (χ4n) is 4.06. The minimum atomic E-state index is -1.18. The second-order valence-corrected chi connectivity index (χ2v) is 11.2. The van der Waals surface area contributed by atoms with Gasteiger partial charge < -0.3 is 5.11 Å². The Morgan fingerprint density at radius 3 is 1.85 bits per heavy atom. The number of thioether (sulfide) groups is 2. The molecule has 1 nitrogen and oxygen atoms in total. The van der Waals surface area contributed by atoms with Gasteiger partial charge in [0.2, 0.25) is 0 Å². The summed E-state index contributed by atoms with van der Waals surface area (Å²) in [6.07, 6.45) is 8.63. The van der Waals surface area contributed by atoms with E-state index in [0.29, 0.717) is 0 Å². The Balaban J connectivity index is 2.55. The van der Waals surface area contributed by atoms with E-state index in [1.165, 1.54) is 18.6 Å². The topological polar surface area (TPSA) is 20.2 Å². The van der Waals surface area contributed by atoms with Gasteiger partial charge in [-0.15, -0.1) is 17.7 Å². The van der Waals surface area contributed by atoms with Crippen LogP contribution < -0.4 is 0 Å². The molecule has 180 valence electrons. The zero-order chi connectivity index (χ0) is 23.8. The summed E-state index contributed by atoms with van der Waals surface area (Å²) in [5.74, 6) is 10.5. The molecule has 3 heteroatoms. The van der Waals surface area contributed by atoms with Crippen LogP contribution >= 0.6 is 23.5 Å². The Kier molecular flexibility index (Phi) is 13.1. The number of hydrogen-bond acceptors (Lipinski definition) is 3. The van der Waals surface area contributed by atoms with Gasteiger partial charge in [-0.25, -0.2) is 0 Å². The van der Waals surface area contributed by atoms with Crippen LogP contribution in [0.15, 0.2) is 60.7 Å². The summed E-state index contributed by atoms with van der Waals surface area (Å²) in [7, 11) is 0. The molecule has 0 heterocycles. The minimum Gasteiger partial charge on any atom is -0.378 e. The molecular weight excluding hydrogens is 440 g/mol. The molecule has 0 saturated heterocycles. The molecule has 2 aromatic carbocycles. The van der Waals surface area contributed by atoms with Gasteiger partial charge in [0.15, 0.2) is 0 Å². The molecule has 0 aromatic heterocycles. The zero-order valence-corrected chi connectivity index (χ0v) is 22.4. The monoisotopic (exact) mass is 482 g/mol. The van der Waals surface area contributed by atoms with Gasteiger partial charge in [0.25, 0.3) is 0 Å². The Bertz CT molecular complexity index is 785. The van der Waals surface area contributed by atoms with Crippen molar-refractivity contribution in [3.8, 4) is 11.8 Å². The van der Waals surface area contributed by atoms with Crippen LogP contribution in [-0.4, -0.2) is 27.1 Å². The summed E-state index contributed by atoms with van der Waals surface area (Å²) >= 11 is 3.90. The lowest BCUT2D eigenvalue weighted by Crippen LogP contribution is -2.50. The number of unbranched alkanes of at least 4 members (excludes halogenated alkanes) is 4. The first-order valence-electron chi connectivity index (χ1n) is 12.7. The molecule has 2 rings (SSSR count). The maximum absolute atomic E-state index is 12.8. The summed E-state index contributed by atoms with van der Waals surface area (Å²) in [6, 6.07) is 20.4. The third-order valence-corrected chi connectivity index (χ3v) is 8.85. The third-order valence-electron chi connectivity index (χ3n) is 6.01. The van der Waals surface area contributed by atoms with E-state index >= 15 is 0 Å². The van der Waals surface area contributed by atoms with Crippen LogP contribution in [0.5, 0.6) is 0 Å². The SMILES string of the molecule is CCCCC#CC(CCCC)(SCCSCCCC)C(O)(c1ccccc1)c1ccccc1. The summed E-state index contributed by atoms with van der Waals surface area (Å²) < 4.78 is -0.592. The Morgan fingerprint density at radius 2 is 1.30 bits per heavy atom. The summed E-state index contributed by atoms with van der Waals surface area (Å²) in [5.41, 5.74) is 0.689. The van der Waals surface area contributed by atoms with Crippen molar-refractivity contribution in [2.45, 2.75) is 82.5 Å². The first-order chi connectivity index (χ1) is 16.1. The highest BCUT2D eigenvalue weighted by Crippen LogP contribution is 2.50. The molecule has 0 aliphatic rings. The van der Waals surface area contributed by atoms with Crippen LogP contribution in [0.4, 0.5) is 0 Å². The van der Waals surface area contributed by atoms with E-state index in [4.69, 9.17) is 0 Å². The average molecular weight is 483 g/mol. The molecule has 0 spiro atoms. The molecule has 33 heavy (non-hydrogen) atoms. The first-order valence-corrected chi connectivity index (χ1v) is 14.8. The number of hydrogen-bond donors (Lipinski definition) is 1. The Hall–Kier alpha value is -1.34. The first kappa shape index (κ1) is 27.9. The van der Waals surface area contributed by atoms with Gasteiger partial charge in [0.05, 0.1) is 0 Å². The van der Waals surface area contributed by atoms with E-state index in [9.17, 15) is 5.11 Å². The third kappa shape index (κ3) is 7.84. The van der Waals surface area contributed by atoms with Gasteiger partial charge in [-0.05, 0) is 36.1 Å². The van der Waals surface area contributed by atoms with E-state index in [2.05, 4.69) is 56.9 Å². The molecule has 0 saturated carbocycles. The second-order valence-electron chi connectivity index (χ2n) is 8.59. The van der Waals surface area contributed by atoms with Crippen molar-refractivity contribution in [2.75, 3.05) is 17.3 Å². The normalized spacial score (nSPS) is 13.2. The maximum Gasteiger partial charge on any atom is 0.140 e. The lowest BCUT2D eigenvalue weighted by molar-refractivity contribution is 0.0521.